The molecule has 1 heterocycles. The van der Waals surface area contributed by atoms with Crippen LogP contribution in [-0.4, -0.2) is 18.4 Å². The van der Waals surface area contributed by atoms with Crippen molar-refractivity contribution in [1.29, 1.82) is 0 Å². The third kappa shape index (κ3) is 4.65. The van der Waals surface area contributed by atoms with E-state index >= 15 is 0 Å². The van der Waals surface area contributed by atoms with E-state index in [-0.39, 0.29) is 5.91 Å². The number of rotatable bonds is 8. The quantitative estimate of drug-likeness (QED) is 0.574. The number of ether oxygens (including phenoxy) is 1. The highest BCUT2D eigenvalue weighted by atomic mass is 79.9. The summed E-state index contributed by atoms with van der Waals surface area (Å²) >= 11 is 4.81. The Hall–Kier alpha value is -1.86. The van der Waals surface area contributed by atoms with Gasteiger partial charge in [0.2, 0.25) is 0 Å². The van der Waals surface area contributed by atoms with Crippen LogP contribution in [0.2, 0.25) is 0 Å². The summed E-state index contributed by atoms with van der Waals surface area (Å²) in [4.78, 5) is 25.4. The van der Waals surface area contributed by atoms with E-state index in [1.54, 1.807) is 18.2 Å². The van der Waals surface area contributed by atoms with Gasteiger partial charge in [-0.15, -0.1) is 11.3 Å². The van der Waals surface area contributed by atoms with Gasteiger partial charge in [-0.3, -0.25) is 9.59 Å². The second kappa shape index (κ2) is 9.19. The number of hydrogen-bond acceptors (Lipinski definition) is 4. The Morgan fingerprint density at radius 2 is 2.04 bits per heavy atom. The van der Waals surface area contributed by atoms with Gasteiger partial charge in [0.15, 0.2) is 0 Å². The summed E-state index contributed by atoms with van der Waals surface area (Å²) < 4.78 is 6.39. The van der Waals surface area contributed by atoms with Crippen LogP contribution in [-0.2, 0) is 6.42 Å². The minimum Gasteiger partial charge on any atom is -0.492 e. The number of carbonyl (C=O) groups is 2. The molecule has 0 saturated carbocycles. The molecule has 0 fully saturated rings. The van der Waals surface area contributed by atoms with Crippen molar-refractivity contribution < 1.29 is 14.3 Å². The first-order valence-corrected chi connectivity index (χ1v) is 10.2. The number of halogens is 1. The molecule has 2 rings (SSSR count). The van der Waals surface area contributed by atoms with Gasteiger partial charge in [0.05, 0.1) is 16.6 Å². The van der Waals surface area contributed by atoms with Crippen LogP contribution in [0.3, 0.4) is 0 Å². The summed E-state index contributed by atoms with van der Waals surface area (Å²) in [6.45, 7) is 6.62. The van der Waals surface area contributed by atoms with Gasteiger partial charge in [0, 0.05) is 10.4 Å². The van der Waals surface area contributed by atoms with Crippen molar-refractivity contribution >= 4 is 44.1 Å². The first-order chi connectivity index (χ1) is 12.4. The van der Waals surface area contributed by atoms with Crippen LogP contribution in [0.5, 0.6) is 5.75 Å². The van der Waals surface area contributed by atoms with Gasteiger partial charge < -0.3 is 15.8 Å². The predicted octanol–water partition coefficient (Wildman–Crippen LogP) is 4.91. The van der Waals surface area contributed by atoms with E-state index in [1.165, 1.54) is 11.3 Å². The van der Waals surface area contributed by atoms with E-state index in [2.05, 4.69) is 28.2 Å². The van der Waals surface area contributed by atoms with Crippen LogP contribution in [0.25, 0.3) is 0 Å². The van der Waals surface area contributed by atoms with Crippen molar-refractivity contribution in [3.8, 4) is 5.75 Å². The molecule has 5 nitrogen and oxygen atoms in total. The summed E-state index contributed by atoms with van der Waals surface area (Å²) in [5, 5.41) is 3.32. The molecule has 0 aliphatic heterocycles. The van der Waals surface area contributed by atoms with Gasteiger partial charge in [-0.25, -0.2) is 0 Å². The number of aryl methyl sites for hydroxylation is 1. The number of unbranched alkanes of at least 4 members (excludes halogenated alkanes) is 1. The molecule has 140 valence electrons. The Morgan fingerprint density at radius 1 is 1.31 bits per heavy atom. The molecule has 0 bridgehead atoms. The molecule has 1 aromatic carbocycles. The zero-order valence-corrected chi connectivity index (χ0v) is 17.6. The largest absolute Gasteiger partial charge is 0.492 e. The summed E-state index contributed by atoms with van der Waals surface area (Å²) in [5.41, 5.74) is 7.28. The molecule has 0 saturated heterocycles. The van der Waals surface area contributed by atoms with Crippen molar-refractivity contribution in [2.75, 3.05) is 11.9 Å². The molecule has 3 N–H and O–H groups in total. The molecule has 26 heavy (non-hydrogen) atoms. The van der Waals surface area contributed by atoms with Crippen LogP contribution < -0.4 is 15.8 Å². The maximum absolute atomic E-state index is 12.6. The zero-order valence-electron chi connectivity index (χ0n) is 15.1. The average Bonchev–Trinajstić information content (AvgIpc) is 2.91. The topological polar surface area (TPSA) is 81.4 Å². The minimum atomic E-state index is -0.526. The molecular formula is C19H23BrN2O3S. The molecule has 7 heteroatoms. The fourth-order valence-electron chi connectivity index (χ4n) is 2.61. The van der Waals surface area contributed by atoms with E-state index in [1.807, 2.05) is 13.8 Å². The van der Waals surface area contributed by atoms with Gasteiger partial charge in [0.25, 0.3) is 11.8 Å². The van der Waals surface area contributed by atoms with E-state index in [4.69, 9.17) is 10.5 Å². The van der Waals surface area contributed by atoms with E-state index in [0.29, 0.717) is 39.4 Å². The summed E-state index contributed by atoms with van der Waals surface area (Å²) in [5.74, 6) is -0.118. The van der Waals surface area contributed by atoms with Crippen LogP contribution in [0, 0.1) is 6.92 Å². The third-order valence-electron chi connectivity index (χ3n) is 3.99. The molecule has 0 unspecified atom stereocenters. The molecule has 0 aliphatic carbocycles. The van der Waals surface area contributed by atoms with Crippen molar-refractivity contribution in [1.82, 2.24) is 0 Å². The first kappa shape index (κ1) is 20.5. The number of amides is 2. The third-order valence-corrected chi connectivity index (χ3v) is 5.67. The summed E-state index contributed by atoms with van der Waals surface area (Å²) in [6, 6.07) is 5.18. The summed E-state index contributed by atoms with van der Waals surface area (Å²) in [7, 11) is 0. The molecule has 2 amide bonds. The predicted molar refractivity (Wildman–Crippen MR) is 109 cm³/mol. The van der Waals surface area contributed by atoms with Gasteiger partial charge >= 0.3 is 0 Å². The van der Waals surface area contributed by atoms with Gasteiger partial charge in [-0.05, 0) is 59.5 Å². The minimum absolute atomic E-state index is 0.294. The van der Waals surface area contributed by atoms with Gasteiger partial charge in [-0.2, -0.15) is 0 Å². The zero-order chi connectivity index (χ0) is 19.3. The maximum atomic E-state index is 12.6. The molecule has 0 radical (unpaired) electrons. The van der Waals surface area contributed by atoms with Crippen LogP contribution in [0.1, 0.15) is 57.8 Å². The first-order valence-electron chi connectivity index (χ1n) is 8.54. The van der Waals surface area contributed by atoms with Gasteiger partial charge in [0.1, 0.15) is 10.8 Å². The van der Waals surface area contributed by atoms with Crippen molar-refractivity contribution in [3.05, 3.63) is 44.2 Å². The number of nitrogens with two attached hydrogens (primary N) is 1. The van der Waals surface area contributed by atoms with Crippen molar-refractivity contribution in [2.24, 2.45) is 5.73 Å². The van der Waals surface area contributed by atoms with E-state index in [0.717, 1.165) is 23.3 Å². The lowest BCUT2D eigenvalue weighted by molar-refractivity contribution is 0.100. The molecule has 0 atom stereocenters. The lowest BCUT2D eigenvalue weighted by atomic mass is 10.1. The Morgan fingerprint density at radius 3 is 2.62 bits per heavy atom. The molecule has 0 spiro atoms. The number of benzene rings is 1. The lowest BCUT2D eigenvalue weighted by Gasteiger charge is -2.10. The average molecular weight is 439 g/mol. The van der Waals surface area contributed by atoms with Crippen molar-refractivity contribution in [2.45, 2.75) is 40.0 Å². The summed E-state index contributed by atoms with van der Waals surface area (Å²) in [6.07, 6.45) is 2.72. The Kier molecular flexibility index (Phi) is 7.23. The molecule has 1 aromatic heterocycles. The molecular weight excluding hydrogens is 416 g/mol. The highest BCUT2D eigenvalue weighted by molar-refractivity contribution is 9.10. The Bertz CT molecular complexity index is 817. The Balaban J connectivity index is 2.20. The molecule has 0 aliphatic rings. The smallest absolute Gasteiger partial charge is 0.256 e. The normalized spacial score (nSPS) is 10.6. The fourth-order valence-corrected chi connectivity index (χ4v) is 4.25. The highest BCUT2D eigenvalue weighted by Crippen LogP contribution is 2.34. The maximum Gasteiger partial charge on any atom is 0.256 e. The van der Waals surface area contributed by atoms with Gasteiger partial charge in [-0.1, -0.05) is 20.3 Å². The number of nitrogens with one attached hydrogen (secondary N) is 1. The van der Waals surface area contributed by atoms with Crippen LogP contribution in [0.15, 0.2) is 22.7 Å². The second-order valence-electron chi connectivity index (χ2n) is 5.86. The SMILES string of the molecule is CCCCOc1ccc(C(=O)Nc2sc(C)c(CC)c2C(N)=O)cc1Br. The Labute approximate surface area is 166 Å². The highest BCUT2D eigenvalue weighted by Gasteiger charge is 2.21. The second-order valence-corrected chi connectivity index (χ2v) is 7.94. The number of carbonyl (C=O) groups excluding carboxylic acids is 2. The monoisotopic (exact) mass is 438 g/mol. The van der Waals surface area contributed by atoms with Crippen LogP contribution >= 0.6 is 27.3 Å². The molecule has 2 aromatic rings. The number of thiophene rings is 1. The lowest BCUT2D eigenvalue weighted by Crippen LogP contribution is -2.18. The number of anilines is 1. The van der Waals surface area contributed by atoms with Crippen molar-refractivity contribution in [3.63, 3.8) is 0 Å². The van der Waals surface area contributed by atoms with E-state index < -0.39 is 5.91 Å². The number of primary amides is 1. The fraction of sp³-hybridized carbons (Fsp3) is 0.368. The van der Waals surface area contributed by atoms with E-state index in [9.17, 15) is 9.59 Å². The standard InChI is InChI=1S/C19H23BrN2O3S/c1-4-6-9-25-15-8-7-12(10-14(15)20)18(24)22-19-16(17(21)23)13(5-2)11(3)26-19/h7-8,10H,4-6,9H2,1-3H3,(H2,21,23)(H,22,24). The number of hydrogen-bond donors (Lipinski definition) is 2. The van der Waals surface area contributed by atoms with Crippen LogP contribution in [0.4, 0.5) is 5.00 Å².